The second-order valence-corrected chi connectivity index (χ2v) is 9.45. The lowest BCUT2D eigenvalue weighted by Gasteiger charge is -2.06. The molecule has 0 saturated carbocycles. The van der Waals surface area contributed by atoms with Gasteiger partial charge in [-0.05, 0) is 80.1 Å². The maximum Gasteiger partial charge on any atom is 0.157 e. The number of Topliss-reactive ketones (excluding diaryl/α,β-unsaturated/α-hetero) is 1. The van der Waals surface area contributed by atoms with Gasteiger partial charge in [0, 0.05) is 6.42 Å². The summed E-state index contributed by atoms with van der Waals surface area (Å²) in [5, 5.41) is 8.70. The zero-order valence-electron chi connectivity index (χ0n) is 21.9. The van der Waals surface area contributed by atoms with E-state index in [-0.39, 0.29) is 5.78 Å². The fourth-order valence-electron chi connectivity index (χ4n) is 3.88. The van der Waals surface area contributed by atoms with Gasteiger partial charge in [0.15, 0.2) is 5.78 Å². The van der Waals surface area contributed by atoms with Gasteiger partial charge >= 0.3 is 0 Å². The number of nitrogens with zero attached hydrogens (tertiary/aromatic N) is 2. The highest BCUT2D eigenvalue weighted by Crippen LogP contribution is 2.22. The molecule has 4 nitrogen and oxygen atoms in total. The maximum absolute atomic E-state index is 11.5. The second-order valence-electron chi connectivity index (χ2n) is 9.45. The third-order valence-electron chi connectivity index (χ3n) is 6.17. The number of ether oxygens (including phenoxy) is 1. The molecule has 0 fully saturated rings. The summed E-state index contributed by atoms with van der Waals surface area (Å²) in [6.07, 6.45) is 14.9. The molecule has 0 unspecified atom stereocenters. The quantitative estimate of drug-likeness (QED) is 0.115. The van der Waals surface area contributed by atoms with Crippen LogP contribution in [0.25, 0.3) is 0 Å². The van der Waals surface area contributed by atoms with E-state index in [2.05, 4.69) is 35.9 Å². The number of rotatable bonds is 19. The van der Waals surface area contributed by atoms with Crippen LogP contribution >= 0.6 is 0 Å². The third-order valence-corrected chi connectivity index (χ3v) is 6.17. The van der Waals surface area contributed by atoms with E-state index >= 15 is 0 Å². The first-order chi connectivity index (χ1) is 17.1. The van der Waals surface area contributed by atoms with Crippen molar-refractivity contribution < 1.29 is 9.53 Å². The molecule has 4 heteroatoms. The Balaban J connectivity index is 1.53. The fourth-order valence-corrected chi connectivity index (χ4v) is 3.88. The molecule has 0 radical (unpaired) electrons. The number of unbranched alkanes of at least 4 members (excludes halogenated alkanes) is 9. The molecule has 0 aromatic heterocycles. The van der Waals surface area contributed by atoms with Crippen LogP contribution in [0, 0.1) is 0 Å². The van der Waals surface area contributed by atoms with Crippen LogP contribution in [0.15, 0.2) is 70.9 Å². The van der Waals surface area contributed by atoms with Gasteiger partial charge in [0.2, 0.25) is 0 Å². The molecule has 0 amide bonds. The minimum atomic E-state index is 0.211. The summed E-state index contributed by atoms with van der Waals surface area (Å²) in [6, 6.07) is 16.2. The summed E-state index contributed by atoms with van der Waals surface area (Å²) in [4.78, 5) is 11.5. The molecule has 0 bridgehead atoms. The van der Waals surface area contributed by atoms with E-state index in [4.69, 9.17) is 4.74 Å². The average Bonchev–Trinajstić information content (AvgIpc) is 2.87. The van der Waals surface area contributed by atoms with Crippen LogP contribution in [0.3, 0.4) is 0 Å². The molecule has 0 heterocycles. The van der Waals surface area contributed by atoms with Crippen molar-refractivity contribution in [3.63, 3.8) is 0 Å². The smallest absolute Gasteiger partial charge is 0.157 e. The molecule has 0 aliphatic heterocycles. The van der Waals surface area contributed by atoms with Crippen molar-refractivity contribution in [3.8, 4) is 5.75 Å². The number of hydrogen-bond donors (Lipinski definition) is 0. The molecule has 2 aromatic rings. The van der Waals surface area contributed by atoms with E-state index in [1.165, 1.54) is 56.9 Å². The van der Waals surface area contributed by atoms with Crippen LogP contribution < -0.4 is 4.74 Å². The summed E-state index contributed by atoms with van der Waals surface area (Å²) in [6.45, 7) is 8.47. The largest absolute Gasteiger partial charge is 0.494 e. The van der Waals surface area contributed by atoms with Gasteiger partial charge in [-0.15, -0.1) is 0 Å². The Morgan fingerprint density at radius 3 is 1.86 bits per heavy atom. The number of ketones is 1. The number of carbonyl (C=O) groups is 1. The monoisotopic (exact) mass is 476 g/mol. The predicted molar refractivity (Wildman–Crippen MR) is 147 cm³/mol. The molecule has 0 atom stereocenters. The van der Waals surface area contributed by atoms with Crippen LogP contribution in [-0.2, 0) is 11.2 Å². The van der Waals surface area contributed by atoms with Crippen molar-refractivity contribution in [1.29, 1.82) is 0 Å². The lowest BCUT2D eigenvalue weighted by atomic mass is 10.0. The molecule has 190 valence electrons. The summed E-state index contributed by atoms with van der Waals surface area (Å²) in [5.74, 6) is 1.09. The van der Waals surface area contributed by atoms with Gasteiger partial charge in [0.05, 0.1) is 18.0 Å². The first-order valence-corrected chi connectivity index (χ1v) is 13.5. The third kappa shape index (κ3) is 13.1. The number of allylic oxidation sites excluding steroid dienone is 1. The fraction of sp³-hybridized carbons (Fsp3) is 0.516. The van der Waals surface area contributed by atoms with Crippen LogP contribution in [0.1, 0.15) is 96.5 Å². The van der Waals surface area contributed by atoms with Gasteiger partial charge in [0.25, 0.3) is 0 Å². The summed E-state index contributed by atoms with van der Waals surface area (Å²) in [7, 11) is 0. The van der Waals surface area contributed by atoms with E-state index in [1.54, 1.807) is 6.92 Å². The van der Waals surface area contributed by atoms with Crippen molar-refractivity contribution in [2.75, 3.05) is 6.61 Å². The van der Waals surface area contributed by atoms with Gasteiger partial charge in [0.1, 0.15) is 5.75 Å². The Morgan fingerprint density at radius 2 is 1.29 bits per heavy atom. The summed E-state index contributed by atoms with van der Waals surface area (Å²) < 4.78 is 5.87. The Hall–Kier alpha value is -2.75. The van der Waals surface area contributed by atoms with Crippen molar-refractivity contribution in [2.45, 2.75) is 97.3 Å². The highest BCUT2D eigenvalue weighted by atomic mass is 16.5. The number of azo groups is 1. The molecular formula is C31H44N2O2. The topological polar surface area (TPSA) is 51.0 Å². The SMILES string of the molecule is C=C(C)C(=O)CCCCCCCCCCOc1ccc(N=Nc2ccc(CCCCC)cc2)cc1. The lowest BCUT2D eigenvalue weighted by Crippen LogP contribution is -1.97. The predicted octanol–water partition coefficient (Wildman–Crippen LogP) is 9.87. The first kappa shape index (κ1) is 28.5. The van der Waals surface area contributed by atoms with E-state index in [1.807, 2.05) is 36.4 Å². The Kier molecular flexibility index (Phi) is 14.4. The maximum atomic E-state index is 11.5. The number of aryl methyl sites for hydroxylation is 1. The van der Waals surface area contributed by atoms with E-state index in [0.29, 0.717) is 12.0 Å². The van der Waals surface area contributed by atoms with Gasteiger partial charge in [-0.3, -0.25) is 4.79 Å². The van der Waals surface area contributed by atoms with E-state index in [0.717, 1.165) is 49.4 Å². The Labute approximate surface area is 212 Å². The van der Waals surface area contributed by atoms with E-state index in [9.17, 15) is 4.79 Å². The minimum Gasteiger partial charge on any atom is -0.494 e. The van der Waals surface area contributed by atoms with Crippen molar-refractivity contribution in [1.82, 2.24) is 0 Å². The Morgan fingerprint density at radius 1 is 0.743 bits per heavy atom. The molecule has 0 aliphatic rings. The van der Waals surface area contributed by atoms with Crippen LogP contribution in [0.5, 0.6) is 5.75 Å². The first-order valence-electron chi connectivity index (χ1n) is 13.5. The van der Waals surface area contributed by atoms with Gasteiger partial charge in [-0.2, -0.15) is 10.2 Å². The summed E-state index contributed by atoms with van der Waals surface area (Å²) >= 11 is 0. The number of carbonyl (C=O) groups excluding carboxylic acids is 1. The molecule has 35 heavy (non-hydrogen) atoms. The highest BCUT2D eigenvalue weighted by molar-refractivity contribution is 5.93. The molecule has 0 aliphatic carbocycles. The number of hydrogen-bond acceptors (Lipinski definition) is 4. The van der Waals surface area contributed by atoms with Crippen molar-refractivity contribution in [2.24, 2.45) is 10.2 Å². The zero-order chi connectivity index (χ0) is 25.1. The average molecular weight is 477 g/mol. The van der Waals surface area contributed by atoms with Gasteiger partial charge in [-0.1, -0.05) is 77.0 Å². The Bertz CT molecular complexity index is 885. The molecule has 2 aromatic carbocycles. The van der Waals surface area contributed by atoms with Gasteiger partial charge < -0.3 is 4.74 Å². The van der Waals surface area contributed by atoms with E-state index < -0.39 is 0 Å². The molecule has 0 N–H and O–H groups in total. The zero-order valence-corrected chi connectivity index (χ0v) is 21.9. The normalized spacial score (nSPS) is 11.1. The van der Waals surface area contributed by atoms with Crippen LogP contribution in [0.2, 0.25) is 0 Å². The highest BCUT2D eigenvalue weighted by Gasteiger charge is 2.01. The molecule has 0 saturated heterocycles. The second kappa shape index (κ2) is 17.7. The molecule has 0 spiro atoms. The van der Waals surface area contributed by atoms with Crippen molar-refractivity contribution in [3.05, 3.63) is 66.2 Å². The number of benzene rings is 2. The van der Waals surface area contributed by atoms with Crippen LogP contribution in [-0.4, -0.2) is 12.4 Å². The van der Waals surface area contributed by atoms with Crippen LogP contribution in [0.4, 0.5) is 11.4 Å². The molecule has 2 rings (SSSR count). The summed E-state index contributed by atoms with van der Waals surface area (Å²) in [5.41, 5.74) is 3.75. The van der Waals surface area contributed by atoms with Gasteiger partial charge in [-0.25, -0.2) is 0 Å². The lowest BCUT2D eigenvalue weighted by molar-refractivity contribution is -0.115. The molecular weight excluding hydrogens is 432 g/mol. The van der Waals surface area contributed by atoms with Crippen molar-refractivity contribution >= 4 is 17.2 Å². The minimum absolute atomic E-state index is 0.211. The standard InChI is InChI=1S/C31H44N2O2/c1-4-5-12-15-27-17-19-28(20-18-27)32-33-29-21-23-30(24-22-29)35-25-14-11-9-7-6-8-10-13-16-31(34)26(2)3/h17-24H,2,4-16,25H2,1,3H3.